The van der Waals surface area contributed by atoms with Gasteiger partial charge in [0.2, 0.25) is 5.91 Å². The van der Waals surface area contributed by atoms with Gasteiger partial charge >= 0.3 is 0 Å². The summed E-state index contributed by atoms with van der Waals surface area (Å²) >= 11 is 0. The Morgan fingerprint density at radius 1 is 0.875 bits per heavy atom. The standard InChI is InChI=1S/C14H25NO/c1-10-2-4-11(5-3-10)12-6-8-13(9-7-12)14(15)16/h10-13H,2-9H2,1H3,(H2,15,16). The van der Waals surface area contributed by atoms with Gasteiger partial charge in [-0.05, 0) is 56.3 Å². The second kappa shape index (κ2) is 5.20. The molecule has 0 atom stereocenters. The number of hydrogen-bond acceptors (Lipinski definition) is 1. The van der Waals surface area contributed by atoms with Crippen molar-refractivity contribution in [3.8, 4) is 0 Å². The Kier molecular flexibility index (Phi) is 3.88. The average Bonchev–Trinajstić information content (AvgIpc) is 2.30. The maximum absolute atomic E-state index is 11.1. The van der Waals surface area contributed by atoms with E-state index in [-0.39, 0.29) is 11.8 Å². The van der Waals surface area contributed by atoms with Crippen LogP contribution in [0.5, 0.6) is 0 Å². The highest BCUT2D eigenvalue weighted by Gasteiger charge is 2.31. The molecule has 0 bridgehead atoms. The molecular weight excluding hydrogens is 198 g/mol. The second-order valence-corrected chi connectivity index (χ2v) is 6.03. The van der Waals surface area contributed by atoms with Crippen LogP contribution >= 0.6 is 0 Å². The van der Waals surface area contributed by atoms with Gasteiger partial charge in [0.15, 0.2) is 0 Å². The summed E-state index contributed by atoms with van der Waals surface area (Å²) in [7, 11) is 0. The van der Waals surface area contributed by atoms with E-state index in [4.69, 9.17) is 5.73 Å². The quantitative estimate of drug-likeness (QED) is 0.768. The molecule has 16 heavy (non-hydrogen) atoms. The van der Waals surface area contributed by atoms with Crippen LogP contribution in [0.2, 0.25) is 0 Å². The Labute approximate surface area is 99.0 Å². The first-order valence-electron chi connectivity index (χ1n) is 6.96. The largest absolute Gasteiger partial charge is 0.369 e. The van der Waals surface area contributed by atoms with Gasteiger partial charge in [0.1, 0.15) is 0 Å². The maximum Gasteiger partial charge on any atom is 0.220 e. The molecule has 0 aromatic heterocycles. The van der Waals surface area contributed by atoms with Gasteiger partial charge in [0, 0.05) is 5.92 Å². The minimum atomic E-state index is -0.0734. The lowest BCUT2D eigenvalue weighted by atomic mass is 9.69. The Hall–Kier alpha value is -0.530. The predicted octanol–water partition coefficient (Wildman–Crippen LogP) is 3.10. The molecule has 2 rings (SSSR count). The van der Waals surface area contributed by atoms with Gasteiger partial charge in [-0.3, -0.25) is 4.79 Å². The Bertz CT molecular complexity index is 235. The molecule has 2 aliphatic rings. The molecule has 2 heteroatoms. The van der Waals surface area contributed by atoms with Crippen LogP contribution in [0.25, 0.3) is 0 Å². The van der Waals surface area contributed by atoms with E-state index in [0.717, 1.165) is 30.6 Å². The number of amides is 1. The smallest absolute Gasteiger partial charge is 0.220 e. The molecule has 0 aliphatic heterocycles. The molecule has 0 radical (unpaired) electrons. The Balaban J connectivity index is 1.78. The van der Waals surface area contributed by atoms with Crippen molar-refractivity contribution in [3.63, 3.8) is 0 Å². The first-order valence-corrected chi connectivity index (χ1v) is 6.96. The third-order valence-corrected chi connectivity index (χ3v) is 4.90. The van der Waals surface area contributed by atoms with Crippen molar-refractivity contribution in [2.45, 2.75) is 58.3 Å². The number of nitrogens with two attached hydrogens (primary N) is 1. The summed E-state index contributed by atoms with van der Waals surface area (Å²) in [4.78, 5) is 11.1. The molecule has 0 unspecified atom stereocenters. The van der Waals surface area contributed by atoms with Crippen molar-refractivity contribution in [1.82, 2.24) is 0 Å². The van der Waals surface area contributed by atoms with Gasteiger partial charge in [-0.2, -0.15) is 0 Å². The lowest BCUT2D eigenvalue weighted by molar-refractivity contribution is -0.123. The topological polar surface area (TPSA) is 43.1 Å². The fourth-order valence-corrected chi connectivity index (χ4v) is 3.63. The monoisotopic (exact) mass is 223 g/mol. The molecule has 0 spiro atoms. The van der Waals surface area contributed by atoms with Gasteiger partial charge in [-0.15, -0.1) is 0 Å². The van der Waals surface area contributed by atoms with E-state index in [1.54, 1.807) is 0 Å². The zero-order valence-corrected chi connectivity index (χ0v) is 10.5. The molecule has 2 saturated carbocycles. The first-order chi connectivity index (χ1) is 7.66. The highest BCUT2D eigenvalue weighted by Crippen LogP contribution is 2.41. The predicted molar refractivity (Wildman–Crippen MR) is 65.8 cm³/mol. The Morgan fingerprint density at radius 2 is 1.31 bits per heavy atom. The molecule has 2 N–H and O–H groups in total. The van der Waals surface area contributed by atoms with Crippen LogP contribution in [0.1, 0.15) is 58.3 Å². The SMILES string of the molecule is CC1CCC(C2CCC(C(N)=O)CC2)CC1. The summed E-state index contributed by atoms with van der Waals surface area (Å²) in [6, 6.07) is 0. The third-order valence-electron chi connectivity index (χ3n) is 4.90. The van der Waals surface area contributed by atoms with E-state index in [1.807, 2.05) is 0 Å². The Morgan fingerprint density at radius 3 is 1.75 bits per heavy atom. The summed E-state index contributed by atoms with van der Waals surface area (Å²) in [6.07, 6.45) is 10.3. The summed E-state index contributed by atoms with van der Waals surface area (Å²) < 4.78 is 0. The maximum atomic E-state index is 11.1. The molecule has 2 fully saturated rings. The average molecular weight is 223 g/mol. The van der Waals surface area contributed by atoms with Gasteiger partial charge in [0.05, 0.1) is 0 Å². The van der Waals surface area contributed by atoms with E-state index < -0.39 is 0 Å². The molecule has 92 valence electrons. The normalized spacial score (nSPS) is 40.6. The fourth-order valence-electron chi connectivity index (χ4n) is 3.63. The minimum absolute atomic E-state index is 0.0734. The van der Waals surface area contributed by atoms with Crippen molar-refractivity contribution in [2.24, 2.45) is 29.4 Å². The molecule has 0 heterocycles. The lowest BCUT2D eigenvalue weighted by Crippen LogP contribution is -2.31. The number of primary amides is 1. The van der Waals surface area contributed by atoms with Gasteiger partial charge in [-0.25, -0.2) is 0 Å². The zero-order chi connectivity index (χ0) is 11.5. The summed E-state index contributed by atoms with van der Waals surface area (Å²) in [5, 5.41) is 0. The lowest BCUT2D eigenvalue weighted by Gasteiger charge is -2.36. The minimum Gasteiger partial charge on any atom is -0.369 e. The fraction of sp³-hybridized carbons (Fsp3) is 0.929. The molecule has 0 aromatic carbocycles. The van der Waals surface area contributed by atoms with Crippen molar-refractivity contribution < 1.29 is 4.79 Å². The first kappa shape index (κ1) is 11.9. The number of rotatable bonds is 2. The van der Waals surface area contributed by atoms with Crippen LogP contribution < -0.4 is 5.73 Å². The van der Waals surface area contributed by atoms with Crippen molar-refractivity contribution in [1.29, 1.82) is 0 Å². The zero-order valence-electron chi connectivity index (χ0n) is 10.5. The van der Waals surface area contributed by atoms with Crippen LogP contribution in [0.3, 0.4) is 0 Å². The highest BCUT2D eigenvalue weighted by atomic mass is 16.1. The van der Waals surface area contributed by atoms with Crippen LogP contribution in [-0.2, 0) is 4.79 Å². The van der Waals surface area contributed by atoms with E-state index in [9.17, 15) is 4.79 Å². The van der Waals surface area contributed by atoms with Gasteiger partial charge in [-0.1, -0.05) is 19.8 Å². The molecule has 2 nitrogen and oxygen atoms in total. The van der Waals surface area contributed by atoms with E-state index in [0.29, 0.717) is 0 Å². The molecule has 2 aliphatic carbocycles. The number of carbonyl (C=O) groups is 1. The van der Waals surface area contributed by atoms with Crippen molar-refractivity contribution in [2.75, 3.05) is 0 Å². The molecular formula is C14H25NO. The van der Waals surface area contributed by atoms with Crippen LogP contribution in [0.4, 0.5) is 0 Å². The molecule has 0 saturated heterocycles. The highest BCUT2D eigenvalue weighted by molar-refractivity contribution is 5.76. The number of hydrogen-bond donors (Lipinski definition) is 1. The summed E-state index contributed by atoms with van der Waals surface area (Å²) in [5.41, 5.74) is 5.37. The van der Waals surface area contributed by atoms with E-state index in [2.05, 4.69) is 6.92 Å². The van der Waals surface area contributed by atoms with Crippen LogP contribution in [0, 0.1) is 23.7 Å². The number of carbonyl (C=O) groups excluding carboxylic acids is 1. The van der Waals surface area contributed by atoms with Crippen LogP contribution in [-0.4, -0.2) is 5.91 Å². The summed E-state index contributed by atoms with van der Waals surface area (Å²) in [6.45, 7) is 2.38. The molecule has 0 aromatic rings. The third kappa shape index (κ3) is 2.78. The van der Waals surface area contributed by atoms with Gasteiger partial charge < -0.3 is 5.73 Å². The summed E-state index contributed by atoms with van der Waals surface area (Å²) in [5.74, 6) is 2.89. The van der Waals surface area contributed by atoms with E-state index in [1.165, 1.54) is 38.5 Å². The van der Waals surface area contributed by atoms with E-state index >= 15 is 0 Å². The van der Waals surface area contributed by atoms with Crippen molar-refractivity contribution in [3.05, 3.63) is 0 Å². The molecule has 1 amide bonds. The van der Waals surface area contributed by atoms with Crippen LogP contribution in [0.15, 0.2) is 0 Å². The second-order valence-electron chi connectivity index (χ2n) is 6.03. The van der Waals surface area contributed by atoms with Gasteiger partial charge in [0.25, 0.3) is 0 Å². The van der Waals surface area contributed by atoms with Crippen molar-refractivity contribution >= 4 is 5.91 Å².